The van der Waals surface area contributed by atoms with Crippen molar-refractivity contribution in [3.05, 3.63) is 89.9 Å². The predicted molar refractivity (Wildman–Crippen MR) is 114 cm³/mol. The molecule has 2 aromatic rings. The van der Waals surface area contributed by atoms with E-state index in [-0.39, 0.29) is 5.92 Å². The minimum Gasteiger partial charge on any atom is -0.223 e. The lowest BCUT2D eigenvalue weighted by Crippen LogP contribution is -2.35. The van der Waals surface area contributed by atoms with Gasteiger partial charge in [-0.15, -0.1) is 0 Å². The van der Waals surface area contributed by atoms with Crippen molar-refractivity contribution in [1.29, 1.82) is 0 Å². The van der Waals surface area contributed by atoms with Crippen molar-refractivity contribution in [2.24, 2.45) is 5.92 Å². The Balaban J connectivity index is 1.82. The maximum Gasteiger partial charge on any atom is 0.190 e. The zero-order valence-corrected chi connectivity index (χ0v) is 16.8. The van der Waals surface area contributed by atoms with Gasteiger partial charge in [0, 0.05) is 11.3 Å². The first-order chi connectivity index (χ1) is 11.9. The van der Waals surface area contributed by atoms with Crippen LogP contribution in [0, 0.1) is 5.92 Å². The van der Waals surface area contributed by atoms with Gasteiger partial charge in [-0.05, 0) is 22.8 Å². The van der Waals surface area contributed by atoms with Gasteiger partial charge in [-0.1, -0.05) is 108 Å². The molecule has 0 heterocycles. The molecule has 0 N–H and O–H groups in total. The van der Waals surface area contributed by atoms with Crippen molar-refractivity contribution >= 4 is 38.5 Å². The Morgan fingerprint density at radius 1 is 0.960 bits per heavy atom. The number of alkyl halides is 1. The molecule has 0 aliphatic heterocycles. The lowest BCUT2D eigenvalue weighted by Gasteiger charge is -2.29. The molecule has 0 saturated carbocycles. The van der Waals surface area contributed by atoms with E-state index < -0.39 is 12.6 Å². The molecule has 0 saturated heterocycles. The third kappa shape index (κ3) is 3.80. The molecule has 0 amide bonds. The molecule has 1 aliphatic carbocycles. The highest BCUT2D eigenvalue weighted by molar-refractivity contribution is 14.1. The summed E-state index contributed by atoms with van der Waals surface area (Å²) >= 11 is 2.04. The van der Waals surface area contributed by atoms with Crippen molar-refractivity contribution in [1.82, 2.24) is 0 Å². The molecule has 25 heavy (non-hydrogen) atoms. The lowest BCUT2D eigenvalue weighted by molar-refractivity contribution is 0.577. The van der Waals surface area contributed by atoms with Gasteiger partial charge in [0.25, 0.3) is 0 Å². The van der Waals surface area contributed by atoms with Gasteiger partial charge in [-0.3, -0.25) is 0 Å². The van der Waals surface area contributed by atoms with Crippen LogP contribution in [0.4, 0.5) is 0 Å². The van der Waals surface area contributed by atoms with Gasteiger partial charge < -0.3 is 0 Å². The summed E-state index contributed by atoms with van der Waals surface area (Å²) in [6.07, 6.45) is 9.04. The first-order valence-electron chi connectivity index (χ1n) is 8.05. The van der Waals surface area contributed by atoms with Crippen LogP contribution in [0.25, 0.3) is 17.2 Å². The number of allylic oxidation sites excluding steroid dienone is 3. The zero-order chi connectivity index (χ0) is 17.9. The summed E-state index contributed by atoms with van der Waals surface area (Å²) in [7, 11) is -3.42. The van der Waals surface area contributed by atoms with E-state index in [2.05, 4.69) is 12.1 Å². The molecule has 1 aliphatic rings. The van der Waals surface area contributed by atoms with Crippen LogP contribution in [-0.2, 0) is 9.84 Å². The molecule has 2 unspecified atom stereocenters. The molecule has 0 spiro atoms. The number of hydrogen-bond acceptors (Lipinski definition) is 2. The summed E-state index contributed by atoms with van der Waals surface area (Å²) in [5.74, 6) is -0.0757. The highest BCUT2D eigenvalue weighted by Crippen LogP contribution is 2.40. The Morgan fingerprint density at radius 3 is 2.24 bits per heavy atom. The smallest absolute Gasteiger partial charge is 0.190 e. The normalized spacial score (nSPS) is 23.2. The second-order valence-electron chi connectivity index (χ2n) is 6.07. The summed E-state index contributed by atoms with van der Waals surface area (Å²) in [6.45, 7) is 1.92. The maximum absolute atomic E-state index is 12.8. The molecule has 128 valence electrons. The average Bonchev–Trinajstić information content (AvgIpc) is 2.64. The highest BCUT2D eigenvalue weighted by atomic mass is 127. The molecule has 0 radical (unpaired) electrons. The van der Waals surface area contributed by atoms with Crippen LogP contribution in [0.3, 0.4) is 0 Å². The third-order valence-electron chi connectivity index (χ3n) is 4.35. The molecule has 2 atom stereocenters. The van der Waals surface area contributed by atoms with Gasteiger partial charge >= 0.3 is 0 Å². The van der Waals surface area contributed by atoms with Crippen LogP contribution in [0.15, 0.2) is 84.3 Å². The monoisotopic (exact) mass is 462 g/mol. The molecule has 0 bridgehead atoms. The fraction of sp³-hybridized carbons (Fsp3) is 0.143. The summed E-state index contributed by atoms with van der Waals surface area (Å²) in [5, 5.41) is 1.33. The van der Waals surface area contributed by atoms with Gasteiger partial charge in [0.1, 0.15) is 0 Å². The molecule has 0 fully saturated rings. The van der Waals surface area contributed by atoms with Gasteiger partial charge in [0.05, 0.1) is 0 Å². The Labute approximate surface area is 163 Å². The van der Waals surface area contributed by atoms with Crippen LogP contribution in [0.1, 0.15) is 12.5 Å². The maximum atomic E-state index is 12.8. The van der Waals surface area contributed by atoms with Crippen LogP contribution >= 0.6 is 22.6 Å². The van der Waals surface area contributed by atoms with E-state index in [4.69, 9.17) is 0 Å². The molecule has 0 aromatic heterocycles. The van der Waals surface area contributed by atoms with Gasteiger partial charge in [-0.2, -0.15) is 0 Å². The quantitative estimate of drug-likeness (QED) is 0.436. The van der Waals surface area contributed by atoms with Crippen LogP contribution < -0.4 is 0 Å². The standard InChI is InChI=1S/C21H19IO2S/c1-17-7-5-6-15-21(17,22)25(23,24)16-14-18-10-12-20(13-11-18)19-8-3-2-4-9-19/h2-17H,1H3. The van der Waals surface area contributed by atoms with Crippen molar-refractivity contribution in [3.8, 4) is 11.1 Å². The van der Waals surface area contributed by atoms with Crippen LogP contribution in [0.5, 0.6) is 0 Å². The Bertz CT molecular complexity index is 926. The summed E-state index contributed by atoms with van der Waals surface area (Å²) < 4.78 is 24.7. The largest absolute Gasteiger partial charge is 0.223 e. The van der Waals surface area contributed by atoms with Gasteiger partial charge in [0.2, 0.25) is 0 Å². The number of rotatable bonds is 4. The number of sulfone groups is 1. The first-order valence-corrected chi connectivity index (χ1v) is 10.7. The van der Waals surface area contributed by atoms with Gasteiger partial charge in [0.15, 0.2) is 12.6 Å². The van der Waals surface area contributed by atoms with Crippen LogP contribution in [0.2, 0.25) is 0 Å². The predicted octanol–water partition coefficient (Wildman–Crippen LogP) is 5.63. The molecule has 2 nitrogen and oxygen atoms in total. The SMILES string of the molecule is CC1C=CC=CC1(I)S(=O)(=O)C=Cc1ccc(-c2ccccc2)cc1. The van der Waals surface area contributed by atoms with Crippen molar-refractivity contribution in [2.45, 2.75) is 9.68 Å². The molecule has 4 heteroatoms. The van der Waals surface area contributed by atoms with E-state index in [1.54, 1.807) is 18.2 Å². The van der Waals surface area contributed by atoms with Crippen molar-refractivity contribution in [2.75, 3.05) is 0 Å². The topological polar surface area (TPSA) is 34.1 Å². The van der Waals surface area contributed by atoms with Crippen LogP contribution in [-0.4, -0.2) is 11.2 Å². The molecule has 3 rings (SSSR count). The van der Waals surface area contributed by atoms with E-state index in [1.807, 2.05) is 84.1 Å². The van der Waals surface area contributed by atoms with E-state index in [0.29, 0.717) is 0 Å². The van der Waals surface area contributed by atoms with E-state index in [1.165, 1.54) is 5.41 Å². The molecular formula is C21H19IO2S. The highest BCUT2D eigenvalue weighted by Gasteiger charge is 2.42. The Kier molecular flexibility index (Phi) is 5.29. The zero-order valence-electron chi connectivity index (χ0n) is 13.8. The van der Waals surface area contributed by atoms with E-state index in [0.717, 1.165) is 16.7 Å². The summed E-state index contributed by atoms with van der Waals surface area (Å²) in [6, 6.07) is 18.0. The summed E-state index contributed by atoms with van der Waals surface area (Å²) in [4.78, 5) is 0. The van der Waals surface area contributed by atoms with E-state index >= 15 is 0 Å². The van der Waals surface area contributed by atoms with E-state index in [9.17, 15) is 8.42 Å². The molecular weight excluding hydrogens is 443 g/mol. The Morgan fingerprint density at radius 2 is 1.60 bits per heavy atom. The second kappa shape index (κ2) is 7.30. The Hall–Kier alpha value is -1.66. The fourth-order valence-electron chi connectivity index (χ4n) is 2.74. The number of hydrogen-bond donors (Lipinski definition) is 0. The van der Waals surface area contributed by atoms with Crippen molar-refractivity contribution < 1.29 is 8.42 Å². The minimum atomic E-state index is -3.42. The first kappa shape index (κ1) is 18.1. The average molecular weight is 462 g/mol. The van der Waals surface area contributed by atoms with Crippen molar-refractivity contribution in [3.63, 3.8) is 0 Å². The second-order valence-corrected chi connectivity index (χ2v) is 10.6. The van der Waals surface area contributed by atoms with Gasteiger partial charge in [-0.25, -0.2) is 8.42 Å². The molecule has 2 aromatic carbocycles. The number of halogens is 1. The number of benzene rings is 2. The minimum absolute atomic E-state index is 0.0757. The fourth-order valence-corrected chi connectivity index (χ4v) is 5.01. The summed E-state index contributed by atoms with van der Waals surface area (Å²) in [5.41, 5.74) is 3.12. The lowest BCUT2D eigenvalue weighted by atomic mass is 10.0. The third-order valence-corrected chi connectivity index (χ3v) is 9.41.